The second kappa shape index (κ2) is 5.13. The van der Waals surface area contributed by atoms with Crippen LogP contribution in [0.25, 0.3) is 0 Å². The van der Waals surface area contributed by atoms with Crippen LogP contribution < -0.4 is 0 Å². The molecule has 1 aromatic rings. The SMILES string of the molecule is CCC(C)c1ccc(C2(C(=O)O)CCCC2)cc1. The molecule has 0 spiro atoms. The Balaban J connectivity index is 2.30. The van der Waals surface area contributed by atoms with Gasteiger partial charge in [0.15, 0.2) is 0 Å². The first-order chi connectivity index (χ1) is 8.60. The van der Waals surface area contributed by atoms with Crippen LogP contribution in [0.3, 0.4) is 0 Å². The summed E-state index contributed by atoms with van der Waals surface area (Å²) in [5, 5.41) is 9.54. The van der Waals surface area contributed by atoms with Crippen molar-refractivity contribution in [1.82, 2.24) is 0 Å². The molecule has 1 aliphatic rings. The molecule has 1 aromatic carbocycles. The highest BCUT2D eigenvalue weighted by Crippen LogP contribution is 2.41. The Kier molecular flexibility index (Phi) is 3.74. The minimum absolute atomic E-state index is 0.545. The zero-order valence-corrected chi connectivity index (χ0v) is 11.3. The van der Waals surface area contributed by atoms with Gasteiger partial charge in [-0.05, 0) is 36.3 Å². The average molecular weight is 246 g/mol. The molecule has 2 heteroatoms. The van der Waals surface area contributed by atoms with Crippen LogP contribution in [-0.4, -0.2) is 11.1 Å². The number of rotatable bonds is 4. The molecule has 0 radical (unpaired) electrons. The Morgan fingerprint density at radius 3 is 2.28 bits per heavy atom. The van der Waals surface area contributed by atoms with Gasteiger partial charge in [0.25, 0.3) is 0 Å². The van der Waals surface area contributed by atoms with Gasteiger partial charge >= 0.3 is 5.97 Å². The van der Waals surface area contributed by atoms with E-state index in [0.717, 1.165) is 37.7 Å². The van der Waals surface area contributed by atoms with Crippen LogP contribution >= 0.6 is 0 Å². The maximum atomic E-state index is 11.6. The van der Waals surface area contributed by atoms with E-state index in [1.165, 1.54) is 5.56 Å². The Labute approximate surface area is 109 Å². The second-order valence-corrected chi connectivity index (χ2v) is 5.53. The first-order valence-electron chi connectivity index (χ1n) is 6.94. The van der Waals surface area contributed by atoms with Gasteiger partial charge in [0.05, 0.1) is 5.41 Å². The smallest absolute Gasteiger partial charge is 0.314 e. The Morgan fingerprint density at radius 2 is 1.83 bits per heavy atom. The fourth-order valence-corrected chi connectivity index (χ4v) is 2.97. The topological polar surface area (TPSA) is 37.3 Å². The number of benzene rings is 1. The van der Waals surface area contributed by atoms with Gasteiger partial charge in [-0.25, -0.2) is 0 Å². The fourth-order valence-electron chi connectivity index (χ4n) is 2.97. The van der Waals surface area contributed by atoms with E-state index in [0.29, 0.717) is 5.92 Å². The molecule has 0 aliphatic heterocycles. The maximum Gasteiger partial charge on any atom is 0.314 e. The highest BCUT2D eigenvalue weighted by atomic mass is 16.4. The molecule has 1 atom stereocenters. The van der Waals surface area contributed by atoms with Crippen LogP contribution in [-0.2, 0) is 10.2 Å². The van der Waals surface area contributed by atoms with E-state index in [4.69, 9.17) is 0 Å². The van der Waals surface area contributed by atoms with E-state index >= 15 is 0 Å². The van der Waals surface area contributed by atoms with Crippen LogP contribution in [0.15, 0.2) is 24.3 Å². The fraction of sp³-hybridized carbons (Fsp3) is 0.562. The summed E-state index contributed by atoms with van der Waals surface area (Å²) in [6.07, 6.45) is 4.73. The van der Waals surface area contributed by atoms with Crippen molar-refractivity contribution in [2.45, 2.75) is 57.3 Å². The largest absolute Gasteiger partial charge is 0.481 e. The van der Waals surface area contributed by atoms with Gasteiger partial charge < -0.3 is 5.11 Å². The van der Waals surface area contributed by atoms with Gasteiger partial charge in [0.2, 0.25) is 0 Å². The van der Waals surface area contributed by atoms with Crippen molar-refractivity contribution >= 4 is 5.97 Å². The molecule has 0 heterocycles. The van der Waals surface area contributed by atoms with Gasteiger partial charge in [-0.2, -0.15) is 0 Å². The molecule has 1 N–H and O–H groups in total. The normalized spacial score (nSPS) is 19.7. The molecule has 0 bridgehead atoms. The number of carbonyl (C=O) groups is 1. The average Bonchev–Trinajstić information content (AvgIpc) is 2.88. The highest BCUT2D eigenvalue weighted by Gasteiger charge is 2.42. The first kappa shape index (κ1) is 13.1. The predicted octanol–water partition coefficient (Wildman–Crippen LogP) is 4.10. The molecule has 98 valence electrons. The molecule has 2 rings (SSSR count). The molecule has 1 aliphatic carbocycles. The zero-order valence-electron chi connectivity index (χ0n) is 11.3. The monoisotopic (exact) mass is 246 g/mol. The van der Waals surface area contributed by atoms with Gasteiger partial charge in [-0.1, -0.05) is 51.0 Å². The summed E-state index contributed by atoms with van der Waals surface area (Å²) >= 11 is 0. The van der Waals surface area contributed by atoms with Gasteiger partial charge in [-0.3, -0.25) is 4.79 Å². The quantitative estimate of drug-likeness (QED) is 0.868. The molecular weight excluding hydrogens is 224 g/mol. The van der Waals surface area contributed by atoms with Crippen LogP contribution in [0.1, 0.15) is 63.0 Å². The lowest BCUT2D eigenvalue weighted by molar-refractivity contribution is -0.143. The van der Waals surface area contributed by atoms with Crippen molar-refractivity contribution < 1.29 is 9.90 Å². The molecule has 2 nitrogen and oxygen atoms in total. The zero-order chi connectivity index (χ0) is 13.2. The number of aliphatic carboxylic acids is 1. The van der Waals surface area contributed by atoms with Crippen LogP contribution in [0.2, 0.25) is 0 Å². The Bertz CT molecular complexity index is 413. The van der Waals surface area contributed by atoms with E-state index in [2.05, 4.69) is 26.0 Å². The highest BCUT2D eigenvalue weighted by molar-refractivity contribution is 5.81. The number of hydrogen-bond donors (Lipinski definition) is 1. The number of carboxylic acids is 1. The summed E-state index contributed by atoms with van der Waals surface area (Å²) in [7, 11) is 0. The maximum absolute atomic E-state index is 11.6. The summed E-state index contributed by atoms with van der Waals surface area (Å²) in [5.41, 5.74) is 1.67. The Hall–Kier alpha value is -1.31. The van der Waals surface area contributed by atoms with E-state index in [1.807, 2.05) is 12.1 Å². The third-order valence-corrected chi connectivity index (χ3v) is 4.51. The summed E-state index contributed by atoms with van der Waals surface area (Å²) in [4.78, 5) is 11.6. The van der Waals surface area contributed by atoms with E-state index < -0.39 is 11.4 Å². The van der Waals surface area contributed by atoms with E-state index in [9.17, 15) is 9.90 Å². The predicted molar refractivity (Wildman–Crippen MR) is 72.9 cm³/mol. The third kappa shape index (κ3) is 2.16. The van der Waals surface area contributed by atoms with Crippen LogP contribution in [0.5, 0.6) is 0 Å². The van der Waals surface area contributed by atoms with Crippen LogP contribution in [0.4, 0.5) is 0 Å². The minimum Gasteiger partial charge on any atom is -0.481 e. The lowest BCUT2D eigenvalue weighted by atomic mass is 9.78. The Morgan fingerprint density at radius 1 is 1.28 bits per heavy atom. The second-order valence-electron chi connectivity index (χ2n) is 5.53. The van der Waals surface area contributed by atoms with Crippen molar-refractivity contribution in [3.63, 3.8) is 0 Å². The molecule has 1 unspecified atom stereocenters. The van der Waals surface area contributed by atoms with Crippen LogP contribution in [0, 0.1) is 0 Å². The summed E-state index contributed by atoms with van der Waals surface area (Å²) in [6.45, 7) is 4.38. The van der Waals surface area contributed by atoms with Crippen molar-refractivity contribution in [2.75, 3.05) is 0 Å². The van der Waals surface area contributed by atoms with E-state index in [-0.39, 0.29) is 0 Å². The number of hydrogen-bond acceptors (Lipinski definition) is 1. The summed E-state index contributed by atoms with van der Waals surface area (Å²) < 4.78 is 0. The molecular formula is C16H22O2. The summed E-state index contributed by atoms with van der Waals surface area (Å²) in [5.74, 6) is -0.111. The van der Waals surface area contributed by atoms with E-state index in [1.54, 1.807) is 0 Å². The molecule has 1 fully saturated rings. The first-order valence-corrected chi connectivity index (χ1v) is 6.94. The molecule has 18 heavy (non-hydrogen) atoms. The van der Waals surface area contributed by atoms with Gasteiger partial charge in [-0.15, -0.1) is 0 Å². The van der Waals surface area contributed by atoms with Crippen molar-refractivity contribution in [1.29, 1.82) is 0 Å². The lowest BCUT2D eigenvalue weighted by Gasteiger charge is -2.25. The minimum atomic E-state index is -0.656. The lowest BCUT2D eigenvalue weighted by Crippen LogP contribution is -2.32. The van der Waals surface area contributed by atoms with Gasteiger partial charge in [0.1, 0.15) is 0 Å². The van der Waals surface area contributed by atoms with Crippen molar-refractivity contribution in [3.8, 4) is 0 Å². The molecule has 0 amide bonds. The summed E-state index contributed by atoms with van der Waals surface area (Å²) in [6, 6.07) is 8.26. The van der Waals surface area contributed by atoms with Crippen molar-refractivity contribution in [2.24, 2.45) is 0 Å². The molecule has 0 saturated heterocycles. The third-order valence-electron chi connectivity index (χ3n) is 4.51. The standard InChI is InChI=1S/C16H22O2/c1-3-12(2)13-6-8-14(9-7-13)16(15(17)18)10-4-5-11-16/h6-9,12H,3-5,10-11H2,1-2H3,(H,17,18). The van der Waals surface area contributed by atoms with Crippen molar-refractivity contribution in [3.05, 3.63) is 35.4 Å². The molecule has 1 saturated carbocycles. The number of carboxylic acid groups (broad SMARTS) is 1. The van der Waals surface area contributed by atoms with Gasteiger partial charge in [0, 0.05) is 0 Å². The molecule has 0 aromatic heterocycles.